The molecule has 21 heavy (non-hydrogen) atoms. The van der Waals surface area contributed by atoms with Gasteiger partial charge in [0.05, 0.1) is 6.54 Å². The smallest absolute Gasteiger partial charge is 0.330 e. The standard InChI is InChI=1S/C15H14F3NO2/c16-15(17,18)14(11-6-7-11)12(20)9-19(13(14)21)8-10-4-2-1-3-5-10/h1-5,11H,6-9H2. The van der Waals surface area contributed by atoms with Crippen molar-refractivity contribution in [1.82, 2.24) is 4.90 Å². The molecule has 6 heteroatoms. The van der Waals surface area contributed by atoms with E-state index >= 15 is 0 Å². The molecular weight excluding hydrogens is 283 g/mol. The third-order valence-electron chi connectivity index (χ3n) is 4.25. The van der Waals surface area contributed by atoms with Crippen LogP contribution >= 0.6 is 0 Å². The van der Waals surface area contributed by atoms with Gasteiger partial charge in [-0.1, -0.05) is 30.3 Å². The molecule has 0 bridgehead atoms. The van der Waals surface area contributed by atoms with Crippen LogP contribution in [0, 0.1) is 11.3 Å². The maximum atomic E-state index is 13.5. The van der Waals surface area contributed by atoms with Crippen LogP contribution in [0.1, 0.15) is 18.4 Å². The van der Waals surface area contributed by atoms with Gasteiger partial charge in [0, 0.05) is 6.54 Å². The second kappa shape index (κ2) is 4.58. The van der Waals surface area contributed by atoms with Gasteiger partial charge in [-0.3, -0.25) is 9.59 Å². The number of nitrogens with zero attached hydrogens (tertiary/aromatic N) is 1. The summed E-state index contributed by atoms with van der Waals surface area (Å²) in [4.78, 5) is 25.4. The molecule has 2 fully saturated rings. The number of likely N-dealkylation sites (tertiary alicyclic amines) is 1. The summed E-state index contributed by atoms with van der Waals surface area (Å²) in [7, 11) is 0. The highest BCUT2D eigenvalue weighted by molar-refractivity contribution is 6.14. The summed E-state index contributed by atoms with van der Waals surface area (Å²) in [5.74, 6) is -2.96. The van der Waals surface area contributed by atoms with Crippen LogP contribution in [0.15, 0.2) is 30.3 Å². The Morgan fingerprint density at radius 1 is 1.14 bits per heavy atom. The number of hydrogen-bond donors (Lipinski definition) is 0. The van der Waals surface area contributed by atoms with Crippen molar-refractivity contribution in [3.8, 4) is 0 Å². The second-order valence-electron chi connectivity index (χ2n) is 5.65. The number of carbonyl (C=O) groups is 2. The molecule has 1 aromatic rings. The predicted molar refractivity (Wildman–Crippen MR) is 68.1 cm³/mol. The Balaban J connectivity index is 1.91. The first-order valence-electron chi connectivity index (χ1n) is 6.80. The maximum Gasteiger partial charge on any atom is 0.410 e. The first-order valence-corrected chi connectivity index (χ1v) is 6.80. The van der Waals surface area contributed by atoms with Crippen molar-refractivity contribution in [2.24, 2.45) is 11.3 Å². The molecule has 1 unspecified atom stereocenters. The molecule has 1 amide bonds. The lowest BCUT2D eigenvalue weighted by Gasteiger charge is -2.28. The van der Waals surface area contributed by atoms with E-state index in [1.54, 1.807) is 30.3 Å². The molecule has 0 spiro atoms. The fraction of sp³-hybridized carbons (Fsp3) is 0.467. The molecular formula is C15H14F3NO2. The molecule has 1 aliphatic carbocycles. The van der Waals surface area contributed by atoms with E-state index < -0.39 is 35.7 Å². The summed E-state index contributed by atoms with van der Waals surface area (Å²) in [6.07, 6.45) is -4.24. The topological polar surface area (TPSA) is 37.4 Å². The van der Waals surface area contributed by atoms with Gasteiger partial charge in [0.2, 0.25) is 11.3 Å². The average molecular weight is 297 g/mol. The minimum absolute atomic E-state index is 0.0377. The van der Waals surface area contributed by atoms with E-state index in [1.165, 1.54) is 0 Å². The van der Waals surface area contributed by atoms with Crippen LogP contribution in [0.4, 0.5) is 13.2 Å². The van der Waals surface area contributed by atoms with Crippen molar-refractivity contribution in [1.29, 1.82) is 0 Å². The van der Waals surface area contributed by atoms with Crippen LogP contribution in [-0.2, 0) is 16.1 Å². The third kappa shape index (κ3) is 2.04. The predicted octanol–water partition coefficient (Wildman–Crippen LogP) is 2.56. The van der Waals surface area contributed by atoms with Crippen LogP contribution in [-0.4, -0.2) is 29.3 Å². The number of amides is 1. The summed E-state index contributed by atoms with van der Waals surface area (Å²) in [6, 6.07) is 8.72. The van der Waals surface area contributed by atoms with Crippen LogP contribution in [0.5, 0.6) is 0 Å². The molecule has 3 nitrogen and oxygen atoms in total. The number of hydrogen-bond acceptors (Lipinski definition) is 2. The largest absolute Gasteiger partial charge is 0.410 e. The van der Waals surface area contributed by atoms with Crippen molar-refractivity contribution in [3.05, 3.63) is 35.9 Å². The van der Waals surface area contributed by atoms with Gasteiger partial charge in [-0.05, 0) is 24.3 Å². The highest BCUT2D eigenvalue weighted by atomic mass is 19.4. The van der Waals surface area contributed by atoms with E-state index in [4.69, 9.17) is 0 Å². The molecule has 1 atom stereocenters. The van der Waals surface area contributed by atoms with Crippen LogP contribution in [0.3, 0.4) is 0 Å². The summed E-state index contributed by atoms with van der Waals surface area (Å²) in [6.45, 7) is -0.417. The van der Waals surface area contributed by atoms with Crippen molar-refractivity contribution in [3.63, 3.8) is 0 Å². The Morgan fingerprint density at radius 3 is 2.29 bits per heavy atom. The minimum Gasteiger partial charge on any atom is -0.330 e. The van der Waals surface area contributed by atoms with Gasteiger partial charge >= 0.3 is 6.18 Å². The van der Waals surface area contributed by atoms with E-state index in [0.29, 0.717) is 5.56 Å². The number of ketones is 1. The minimum atomic E-state index is -4.81. The molecule has 1 heterocycles. The van der Waals surface area contributed by atoms with Crippen LogP contribution in [0.2, 0.25) is 0 Å². The lowest BCUT2D eigenvalue weighted by molar-refractivity contribution is -0.221. The van der Waals surface area contributed by atoms with E-state index in [9.17, 15) is 22.8 Å². The second-order valence-corrected chi connectivity index (χ2v) is 5.65. The van der Waals surface area contributed by atoms with Crippen molar-refractivity contribution in [2.75, 3.05) is 6.54 Å². The van der Waals surface area contributed by atoms with E-state index in [0.717, 1.165) is 4.90 Å². The highest BCUT2D eigenvalue weighted by Gasteiger charge is 2.75. The summed E-state index contributed by atoms with van der Waals surface area (Å²) < 4.78 is 40.4. The molecule has 0 aromatic heterocycles. The van der Waals surface area contributed by atoms with E-state index in [-0.39, 0.29) is 19.4 Å². The lowest BCUT2D eigenvalue weighted by atomic mass is 9.79. The number of Topliss-reactive ketones (excluding diaryl/α,β-unsaturated/α-hetero) is 1. The van der Waals surface area contributed by atoms with Gasteiger partial charge in [-0.2, -0.15) is 13.2 Å². The molecule has 1 aromatic carbocycles. The SMILES string of the molecule is O=C1CN(Cc2ccccc2)C(=O)C1(C1CC1)C(F)(F)F. The fourth-order valence-corrected chi connectivity index (χ4v) is 3.10. The average Bonchev–Trinajstić information content (AvgIpc) is 3.19. The van der Waals surface area contributed by atoms with Crippen LogP contribution in [0.25, 0.3) is 0 Å². The Hall–Kier alpha value is -1.85. The number of benzene rings is 1. The Bertz CT molecular complexity index is 580. The maximum absolute atomic E-state index is 13.5. The molecule has 1 aliphatic heterocycles. The van der Waals surface area contributed by atoms with Crippen molar-refractivity contribution >= 4 is 11.7 Å². The lowest BCUT2D eigenvalue weighted by Crippen LogP contribution is -2.50. The van der Waals surface area contributed by atoms with Gasteiger partial charge in [-0.25, -0.2) is 0 Å². The zero-order chi connectivity index (χ0) is 15.3. The number of carbonyl (C=O) groups excluding carboxylic acids is 2. The van der Waals surface area contributed by atoms with Crippen molar-refractivity contribution in [2.45, 2.75) is 25.6 Å². The van der Waals surface area contributed by atoms with E-state index in [2.05, 4.69) is 0 Å². The Labute approximate surface area is 119 Å². The summed E-state index contributed by atoms with van der Waals surface area (Å²) >= 11 is 0. The summed E-state index contributed by atoms with van der Waals surface area (Å²) in [5, 5.41) is 0. The van der Waals surface area contributed by atoms with Crippen LogP contribution < -0.4 is 0 Å². The zero-order valence-electron chi connectivity index (χ0n) is 11.2. The number of halogens is 3. The molecule has 112 valence electrons. The zero-order valence-corrected chi connectivity index (χ0v) is 11.2. The monoisotopic (exact) mass is 297 g/mol. The van der Waals surface area contributed by atoms with Crippen molar-refractivity contribution < 1.29 is 22.8 Å². The molecule has 1 saturated heterocycles. The molecule has 1 saturated carbocycles. The van der Waals surface area contributed by atoms with E-state index in [1.807, 2.05) is 0 Å². The Kier molecular flexibility index (Phi) is 3.07. The normalized spacial score (nSPS) is 26.5. The molecule has 2 aliphatic rings. The first-order chi connectivity index (χ1) is 9.87. The number of rotatable bonds is 3. The summed E-state index contributed by atoms with van der Waals surface area (Å²) in [5.41, 5.74) is -2.07. The van der Waals surface area contributed by atoms with Gasteiger partial charge in [0.1, 0.15) is 0 Å². The number of alkyl halides is 3. The van der Waals surface area contributed by atoms with Gasteiger partial charge < -0.3 is 4.90 Å². The molecule has 0 radical (unpaired) electrons. The molecule has 0 N–H and O–H groups in total. The van der Waals surface area contributed by atoms with Gasteiger partial charge in [0.25, 0.3) is 0 Å². The highest BCUT2D eigenvalue weighted by Crippen LogP contribution is 2.58. The van der Waals surface area contributed by atoms with Gasteiger partial charge in [-0.15, -0.1) is 0 Å². The van der Waals surface area contributed by atoms with Gasteiger partial charge in [0.15, 0.2) is 5.78 Å². The third-order valence-corrected chi connectivity index (χ3v) is 4.25. The Morgan fingerprint density at radius 2 is 1.76 bits per heavy atom. The molecule has 3 rings (SSSR count). The quantitative estimate of drug-likeness (QED) is 0.804. The fourth-order valence-electron chi connectivity index (χ4n) is 3.10. The first kappa shape index (κ1) is 14.1.